The average Bonchev–Trinajstić information content (AvgIpc) is 2.80. The quantitative estimate of drug-likeness (QED) is 0.549. The normalized spacial score (nSPS) is 12.3. The molecular weight excluding hydrogens is 428 g/mol. The summed E-state index contributed by atoms with van der Waals surface area (Å²) >= 11 is 1.60. The maximum absolute atomic E-state index is 12.8. The van der Waals surface area contributed by atoms with E-state index in [-0.39, 0.29) is 23.6 Å². The fraction of sp³-hybridized carbons (Fsp3) is 0.250. The Labute approximate surface area is 190 Å². The minimum atomic E-state index is -0.228. The maximum Gasteiger partial charge on any atom is 0.244 e. The van der Waals surface area contributed by atoms with Crippen molar-refractivity contribution in [2.75, 3.05) is 25.6 Å². The van der Waals surface area contributed by atoms with Crippen molar-refractivity contribution in [3.05, 3.63) is 76.2 Å². The molecule has 2 heterocycles. The van der Waals surface area contributed by atoms with Crippen molar-refractivity contribution in [2.24, 2.45) is 0 Å². The van der Waals surface area contributed by atoms with Crippen LogP contribution in [-0.2, 0) is 17.1 Å². The zero-order valence-electron chi connectivity index (χ0n) is 17.9. The van der Waals surface area contributed by atoms with Crippen LogP contribution in [0.1, 0.15) is 11.3 Å². The van der Waals surface area contributed by atoms with E-state index in [1.54, 1.807) is 40.7 Å². The van der Waals surface area contributed by atoms with Gasteiger partial charge in [-0.2, -0.15) is 0 Å². The Kier molecular flexibility index (Phi) is 6.70. The van der Waals surface area contributed by atoms with Gasteiger partial charge in [-0.15, -0.1) is 11.8 Å². The number of hydrogen-bond acceptors (Lipinski definition) is 6. The Balaban J connectivity index is 1.50. The number of ether oxygens (including phenoxy) is 3. The third-order valence-corrected chi connectivity index (χ3v) is 6.00. The predicted octanol–water partition coefficient (Wildman–Crippen LogP) is 3.87. The van der Waals surface area contributed by atoms with E-state index >= 15 is 0 Å². The van der Waals surface area contributed by atoms with Gasteiger partial charge in [0.05, 0.1) is 13.3 Å². The third-order valence-electron chi connectivity index (χ3n) is 4.95. The van der Waals surface area contributed by atoms with Crippen molar-refractivity contribution in [3.63, 3.8) is 0 Å². The summed E-state index contributed by atoms with van der Waals surface area (Å²) in [6.07, 6.45) is 1.58. The molecule has 0 fully saturated rings. The molecule has 0 atom stereocenters. The van der Waals surface area contributed by atoms with Crippen LogP contribution in [0.5, 0.6) is 17.2 Å². The molecule has 1 amide bonds. The number of nitrogens with zero attached hydrogens (tertiary/aromatic N) is 1. The van der Waals surface area contributed by atoms with Crippen LogP contribution < -0.4 is 25.0 Å². The van der Waals surface area contributed by atoms with E-state index in [0.29, 0.717) is 36.2 Å². The summed E-state index contributed by atoms with van der Waals surface area (Å²) in [5, 5.41) is 2.88. The van der Waals surface area contributed by atoms with Gasteiger partial charge in [0.1, 0.15) is 19.8 Å². The third kappa shape index (κ3) is 5.26. The number of aryl methyl sites for hydroxylation is 1. The lowest BCUT2D eigenvalue weighted by Gasteiger charge is -2.19. The number of amides is 1. The van der Waals surface area contributed by atoms with Gasteiger partial charge in [0.25, 0.3) is 0 Å². The van der Waals surface area contributed by atoms with Gasteiger partial charge in [-0.1, -0.05) is 17.7 Å². The average molecular weight is 453 g/mol. The minimum absolute atomic E-state index is 0.0366. The number of hydrogen-bond donors (Lipinski definition) is 1. The molecule has 0 saturated carbocycles. The summed E-state index contributed by atoms with van der Waals surface area (Å²) in [4.78, 5) is 26.2. The molecule has 0 saturated heterocycles. The second-order valence-electron chi connectivity index (χ2n) is 7.33. The van der Waals surface area contributed by atoms with Crippen molar-refractivity contribution in [1.82, 2.24) is 4.57 Å². The van der Waals surface area contributed by atoms with Crippen LogP contribution in [0.2, 0.25) is 0 Å². The topological polar surface area (TPSA) is 78.8 Å². The summed E-state index contributed by atoms with van der Waals surface area (Å²) in [5.74, 6) is 1.78. The van der Waals surface area contributed by atoms with Crippen LogP contribution in [0.25, 0.3) is 0 Å². The van der Waals surface area contributed by atoms with Crippen molar-refractivity contribution in [2.45, 2.75) is 24.1 Å². The lowest BCUT2D eigenvalue weighted by molar-refractivity contribution is -0.116. The summed E-state index contributed by atoms with van der Waals surface area (Å²) in [5.41, 5.74) is 2.32. The fourth-order valence-corrected chi connectivity index (χ4v) is 4.18. The van der Waals surface area contributed by atoms with Gasteiger partial charge >= 0.3 is 0 Å². The lowest BCUT2D eigenvalue weighted by Crippen LogP contribution is -2.23. The first-order chi connectivity index (χ1) is 15.5. The van der Waals surface area contributed by atoms with E-state index in [4.69, 9.17) is 14.2 Å². The van der Waals surface area contributed by atoms with Gasteiger partial charge in [-0.05, 0) is 31.2 Å². The van der Waals surface area contributed by atoms with E-state index in [1.165, 1.54) is 18.7 Å². The first-order valence-electron chi connectivity index (χ1n) is 10.2. The molecule has 1 aliphatic rings. The van der Waals surface area contributed by atoms with Crippen molar-refractivity contribution >= 4 is 23.4 Å². The van der Waals surface area contributed by atoms with Crippen LogP contribution in [0, 0.1) is 6.92 Å². The number of benzene rings is 2. The number of fused-ring (bicyclic) bond motifs is 1. The summed E-state index contributed by atoms with van der Waals surface area (Å²) in [7, 11) is 1.44. The molecule has 0 aliphatic carbocycles. The number of nitrogens with one attached hydrogen (secondary N) is 1. The van der Waals surface area contributed by atoms with Crippen molar-refractivity contribution < 1.29 is 19.0 Å². The highest BCUT2D eigenvalue weighted by molar-refractivity contribution is 7.98. The van der Waals surface area contributed by atoms with Gasteiger partial charge in [0, 0.05) is 34.2 Å². The number of rotatable bonds is 7. The highest BCUT2D eigenvalue weighted by Crippen LogP contribution is 2.32. The Hall–Kier alpha value is -3.39. The van der Waals surface area contributed by atoms with Gasteiger partial charge in [0.15, 0.2) is 17.2 Å². The summed E-state index contributed by atoms with van der Waals surface area (Å²) < 4.78 is 18.0. The molecule has 0 spiro atoms. The molecule has 0 radical (unpaired) electrons. The minimum Gasteiger partial charge on any atom is -0.491 e. The van der Waals surface area contributed by atoms with Crippen LogP contribution in [-0.4, -0.2) is 30.8 Å². The molecule has 32 heavy (non-hydrogen) atoms. The molecule has 3 aromatic rings. The molecule has 0 unspecified atom stereocenters. The molecule has 2 aromatic carbocycles. The molecule has 0 bridgehead atoms. The molecular formula is C24H24N2O5S. The standard InChI is InChI=1S/C24H24N2O5S/c1-16-3-6-19(7-4-16)32-15-18-12-20(27)23(29-2)13-26(18)14-24(28)25-17-5-8-21-22(11-17)31-10-9-30-21/h3-8,11-13H,9-10,14-15H2,1-2H3,(H,25,28). The molecule has 1 aromatic heterocycles. The largest absolute Gasteiger partial charge is 0.491 e. The first kappa shape index (κ1) is 21.8. The Bertz CT molecular complexity index is 1170. The lowest BCUT2D eigenvalue weighted by atomic mass is 10.2. The second kappa shape index (κ2) is 9.82. The van der Waals surface area contributed by atoms with Crippen molar-refractivity contribution in [1.29, 1.82) is 0 Å². The zero-order chi connectivity index (χ0) is 22.5. The molecule has 166 valence electrons. The number of carbonyl (C=O) groups excluding carboxylic acids is 1. The highest BCUT2D eigenvalue weighted by Gasteiger charge is 2.15. The summed E-state index contributed by atoms with van der Waals surface area (Å²) in [6.45, 7) is 3.06. The van der Waals surface area contributed by atoms with Crippen molar-refractivity contribution in [3.8, 4) is 17.2 Å². The Morgan fingerprint density at radius 2 is 1.84 bits per heavy atom. The van der Waals surface area contributed by atoms with E-state index in [1.807, 2.05) is 31.2 Å². The smallest absolute Gasteiger partial charge is 0.244 e. The van der Waals surface area contributed by atoms with Crippen LogP contribution in [0.3, 0.4) is 0 Å². The number of methoxy groups -OCH3 is 1. The monoisotopic (exact) mass is 452 g/mol. The van der Waals surface area contributed by atoms with E-state index in [9.17, 15) is 9.59 Å². The SMILES string of the molecule is COc1cn(CC(=O)Nc2ccc3c(c2)OCCO3)c(CSc2ccc(C)cc2)cc1=O. The van der Waals surface area contributed by atoms with Crippen LogP contribution >= 0.6 is 11.8 Å². The van der Waals surface area contributed by atoms with Gasteiger partial charge in [0.2, 0.25) is 11.3 Å². The molecule has 1 aliphatic heterocycles. The summed E-state index contributed by atoms with van der Waals surface area (Å²) in [6, 6.07) is 15.0. The Morgan fingerprint density at radius 1 is 1.09 bits per heavy atom. The fourth-order valence-electron chi connectivity index (χ4n) is 3.29. The molecule has 7 nitrogen and oxygen atoms in total. The number of carbonyl (C=O) groups is 1. The number of pyridine rings is 1. The van der Waals surface area contributed by atoms with Crippen LogP contribution in [0.15, 0.2) is 64.4 Å². The zero-order valence-corrected chi connectivity index (χ0v) is 18.7. The van der Waals surface area contributed by atoms with Gasteiger partial charge in [-0.3, -0.25) is 9.59 Å². The van der Waals surface area contributed by atoms with E-state index in [2.05, 4.69) is 5.32 Å². The van der Waals surface area contributed by atoms with E-state index in [0.717, 1.165) is 10.6 Å². The van der Waals surface area contributed by atoms with Gasteiger partial charge < -0.3 is 24.1 Å². The molecule has 8 heteroatoms. The second-order valence-corrected chi connectivity index (χ2v) is 8.38. The number of anilines is 1. The van der Waals surface area contributed by atoms with Crippen LogP contribution in [0.4, 0.5) is 5.69 Å². The number of thioether (sulfide) groups is 1. The van der Waals surface area contributed by atoms with Gasteiger partial charge in [-0.25, -0.2) is 0 Å². The predicted molar refractivity (Wildman–Crippen MR) is 124 cm³/mol. The van der Waals surface area contributed by atoms with E-state index < -0.39 is 0 Å². The first-order valence-corrected chi connectivity index (χ1v) is 11.2. The number of aromatic nitrogens is 1. The Morgan fingerprint density at radius 3 is 2.59 bits per heavy atom. The highest BCUT2D eigenvalue weighted by atomic mass is 32.2. The molecule has 4 rings (SSSR count). The molecule has 1 N–H and O–H groups in total. The maximum atomic E-state index is 12.8.